The summed E-state index contributed by atoms with van der Waals surface area (Å²) in [4.78, 5) is 22.7. The molecule has 1 N–H and O–H groups in total. The molecular formula is C17H23ClO3S. The van der Waals surface area contributed by atoms with Crippen LogP contribution in [0.1, 0.15) is 51.2 Å². The fourth-order valence-electron chi connectivity index (χ4n) is 2.22. The number of aliphatic carboxylic acids is 1. The summed E-state index contributed by atoms with van der Waals surface area (Å²) < 4.78 is -1.10. The van der Waals surface area contributed by atoms with Gasteiger partial charge in [-0.3, -0.25) is 9.59 Å². The SMILES string of the molecule is CCCCc1ccc(CCC(C)(SC(C)=O)C(=O)O)cc1Cl. The van der Waals surface area contributed by atoms with Gasteiger partial charge in [0, 0.05) is 11.9 Å². The van der Waals surface area contributed by atoms with Crippen LogP contribution in [0.5, 0.6) is 0 Å². The largest absolute Gasteiger partial charge is 0.480 e. The lowest BCUT2D eigenvalue weighted by Gasteiger charge is -2.22. The van der Waals surface area contributed by atoms with Gasteiger partial charge in [0.2, 0.25) is 0 Å². The number of carboxylic acids is 1. The Labute approximate surface area is 141 Å². The maximum absolute atomic E-state index is 11.4. The number of unbranched alkanes of at least 4 members (excludes halogenated alkanes) is 1. The van der Waals surface area contributed by atoms with Crippen molar-refractivity contribution in [2.45, 2.75) is 57.6 Å². The van der Waals surface area contributed by atoms with Crippen molar-refractivity contribution >= 4 is 34.4 Å². The fraction of sp³-hybridized carbons (Fsp3) is 0.529. The van der Waals surface area contributed by atoms with Crippen LogP contribution in [0.3, 0.4) is 0 Å². The van der Waals surface area contributed by atoms with Crippen LogP contribution < -0.4 is 0 Å². The van der Waals surface area contributed by atoms with E-state index in [1.807, 2.05) is 18.2 Å². The number of hydrogen-bond donors (Lipinski definition) is 1. The number of aryl methyl sites for hydroxylation is 2. The molecule has 0 aromatic heterocycles. The van der Waals surface area contributed by atoms with Crippen LogP contribution in [0, 0.1) is 0 Å². The molecule has 1 aromatic rings. The van der Waals surface area contributed by atoms with E-state index in [0.29, 0.717) is 12.8 Å². The Morgan fingerprint density at radius 2 is 2.00 bits per heavy atom. The van der Waals surface area contributed by atoms with E-state index in [-0.39, 0.29) is 5.12 Å². The molecule has 0 spiro atoms. The second-order valence-corrected chi connectivity index (χ2v) is 7.75. The lowest BCUT2D eigenvalue weighted by atomic mass is 9.98. The highest BCUT2D eigenvalue weighted by Gasteiger charge is 2.35. The molecule has 0 bridgehead atoms. The van der Waals surface area contributed by atoms with E-state index in [1.54, 1.807) is 6.92 Å². The zero-order valence-corrected chi connectivity index (χ0v) is 14.9. The molecule has 0 aliphatic heterocycles. The highest BCUT2D eigenvalue weighted by molar-refractivity contribution is 8.15. The fourth-order valence-corrected chi connectivity index (χ4v) is 3.44. The smallest absolute Gasteiger partial charge is 0.319 e. The molecule has 0 radical (unpaired) electrons. The van der Waals surface area contributed by atoms with Gasteiger partial charge in [0.05, 0.1) is 0 Å². The predicted molar refractivity (Wildman–Crippen MR) is 92.7 cm³/mol. The third-order valence-corrected chi connectivity index (χ3v) is 5.10. The molecule has 0 aliphatic rings. The van der Waals surface area contributed by atoms with Gasteiger partial charge >= 0.3 is 5.97 Å². The van der Waals surface area contributed by atoms with E-state index in [9.17, 15) is 14.7 Å². The Balaban J connectivity index is 2.76. The van der Waals surface area contributed by atoms with Gasteiger partial charge < -0.3 is 5.11 Å². The van der Waals surface area contributed by atoms with Crippen molar-refractivity contribution in [3.8, 4) is 0 Å². The number of hydrogen-bond acceptors (Lipinski definition) is 3. The van der Waals surface area contributed by atoms with Crippen molar-refractivity contribution in [1.82, 2.24) is 0 Å². The summed E-state index contributed by atoms with van der Waals surface area (Å²) in [5.41, 5.74) is 2.13. The number of benzene rings is 1. The van der Waals surface area contributed by atoms with Crippen molar-refractivity contribution in [2.75, 3.05) is 0 Å². The van der Waals surface area contributed by atoms with E-state index in [2.05, 4.69) is 6.92 Å². The molecule has 0 saturated heterocycles. The quantitative estimate of drug-likeness (QED) is 0.741. The van der Waals surface area contributed by atoms with E-state index in [0.717, 1.165) is 47.2 Å². The number of thioether (sulfide) groups is 1. The van der Waals surface area contributed by atoms with Gasteiger partial charge in [0.1, 0.15) is 4.75 Å². The van der Waals surface area contributed by atoms with Gasteiger partial charge in [-0.05, 0) is 49.8 Å². The molecule has 0 aliphatic carbocycles. The summed E-state index contributed by atoms with van der Waals surface area (Å²) >= 11 is 7.16. The van der Waals surface area contributed by atoms with Gasteiger partial charge in [-0.1, -0.05) is 48.8 Å². The molecule has 1 aromatic carbocycles. The highest BCUT2D eigenvalue weighted by Crippen LogP contribution is 2.32. The van der Waals surface area contributed by atoms with Crippen LogP contribution in [-0.4, -0.2) is 20.9 Å². The number of carbonyl (C=O) groups is 2. The van der Waals surface area contributed by atoms with Crippen LogP contribution in [0.25, 0.3) is 0 Å². The van der Waals surface area contributed by atoms with Crippen molar-refractivity contribution < 1.29 is 14.7 Å². The minimum Gasteiger partial charge on any atom is -0.480 e. The number of halogens is 1. The Morgan fingerprint density at radius 3 is 2.50 bits per heavy atom. The zero-order valence-electron chi connectivity index (χ0n) is 13.3. The van der Waals surface area contributed by atoms with Crippen LogP contribution in [0.2, 0.25) is 5.02 Å². The van der Waals surface area contributed by atoms with Crippen LogP contribution >= 0.6 is 23.4 Å². The second-order valence-electron chi connectivity index (χ2n) is 5.66. The normalized spacial score (nSPS) is 13.6. The van der Waals surface area contributed by atoms with Gasteiger partial charge in [0.15, 0.2) is 5.12 Å². The summed E-state index contributed by atoms with van der Waals surface area (Å²) in [7, 11) is 0. The average molecular weight is 343 g/mol. The Bertz CT molecular complexity index is 545. The maximum Gasteiger partial charge on any atom is 0.319 e. The van der Waals surface area contributed by atoms with Gasteiger partial charge in [0.25, 0.3) is 0 Å². The first-order valence-corrected chi connectivity index (χ1v) is 8.68. The lowest BCUT2D eigenvalue weighted by Crippen LogP contribution is -2.33. The first kappa shape index (κ1) is 19.0. The van der Waals surface area contributed by atoms with Crippen molar-refractivity contribution in [2.24, 2.45) is 0 Å². The molecule has 0 amide bonds. The standard InChI is InChI=1S/C17H23ClO3S/c1-4-5-6-14-8-7-13(11-15(14)18)9-10-17(3,16(20)21)22-12(2)19/h7-8,11H,4-6,9-10H2,1-3H3,(H,20,21). The lowest BCUT2D eigenvalue weighted by molar-refractivity contribution is -0.139. The summed E-state index contributed by atoms with van der Waals surface area (Å²) in [6.07, 6.45) is 4.15. The van der Waals surface area contributed by atoms with E-state index >= 15 is 0 Å². The highest BCUT2D eigenvalue weighted by atomic mass is 35.5. The van der Waals surface area contributed by atoms with Crippen LogP contribution in [0.4, 0.5) is 0 Å². The summed E-state index contributed by atoms with van der Waals surface area (Å²) in [6.45, 7) is 5.13. The van der Waals surface area contributed by atoms with E-state index in [1.165, 1.54) is 6.92 Å². The molecule has 1 rings (SSSR count). The second kappa shape index (κ2) is 8.59. The maximum atomic E-state index is 11.4. The van der Waals surface area contributed by atoms with Crippen LogP contribution in [0.15, 0.2) is 18.2 Å². The summed E-state index contributed by atoms with van der Waals surface area (Å²) in [6, 6.07) is 5.92. The summed E-state index contributed by atoms with van der Waals surface area (Å²) in [5, 5.41) is 9.91. The topological polar surface area (TPSA) is 54.4 Å². The molecule has 3 nitrogen and oxygen atoms in total. The zero-order chi connectivity index (χ0) is 16.8. The molecule has 1 unspecified atom stereocenters. The molecule has 22 heavy (non-hydrogen) atoms. The molecule has 122 valence electrons. The summed E-state index contributed by atoms with van der Waals surface area (Å²) in [5.74, 6) is -0.960. The number of carbonyl (C=O) groups excluding carboxylic acids is 1. The number of carboxylic acid groups (broad SMARTS) is 1. The molecule has 5 heteroatoms. The molecular weight excluding hydrogens is 320 g/mol. The van der Waals surface area contributed by atoms with E-state index in [4.69, 9.17) is 11.6 Å². The van der Waals surface area contributed by atoms with Crippen molar-refractivity contribution in [3.63, 3.8) is 0 Å². The van der Waals surface area contributed by atoms with Crippen molar-refractivity contribution in [1.29, 1.82) is 0 Å². The third-order valence-electron chi connectivity index (χ3n) is 3.63. The first-order chi connectivity index (χ1) is 10.3. The molecule has 0 fully saturated rings. The average Bonchev–Trinajstić information content (AvgIpc) is 2.43. The predicted octanol–water partition coefficient (Wildman–Crippen LogP) is 4.74. The minimum atomic E-state index is -1.10. The van der Waals surface area contributed by atoms with E-state index < -0.39 is 10.7 Å². The minimum absolute atomic E-state index is 0.183. The molecule has 0 saturated carbocycles. The molecule has 1 atom stereocenters. The monoisotopic (exact) mass is 342 g/mol. The Hall–Kier alpha value is -1.00. The third kappa shape index (κ3) is 5.65. The van der Waals surface area contributed by atoms with Crippen molar-refractivity contribution in [3.05, 3.63) is 34.3 Å². The Kier molecular flexibility index (Phi) is 7.43. The van der Waals surface area contributed by atoms with Crippen LogP contribution in [-0.2, 0) is 22.4 Å². The van der Waals surface area contributed by atoms with Gasteiger partial charge in [-0.2, -0.15) is 0 Å². The Morgan fingerprint density at radius 1 is 1.32 bits per heavy atom. The van der Waals surface area contributed by atoms with Gasteiger partial charge in [-0.25, -0.2) is 0 Å². The first-order valence-electron chi connectivity index (χ1n) is 7.48. The van der Waals surface area contributed by atoms with Gasteiger partial charge in [-0.15, -0.1) is 0 Å². The number of rotatable bonds is 8. The molecule has 0 heterocycles.